The summed E-state index contributed by atoms with van der Waals surface area (Å²) < 4.78 is 5.33. The number of aryl methyl sites for hydroxylation is 1. The van der Waals surface area contributed by atoms with Gasteiger partial charge >= 0.3 is 0 Å². The lowest BCUT2D eigenvalue weighted by molar-refractivity contribution is 0.0904. The predicted molar refractivity (Wildman–Crippen MR) is 83.7 cm³/mol. The van der Waals surface area contributed by atoms with Crippen LogP contribution in [0, 0.1) is 6.92 Å². The molecule has 0 fully saturated rings. The number of carbonyl (C=O) groups is 1. The zero-order chi connectivity index (χ0) is 14.8. The smallest absolute Gasteiger partial charge is 0.287 e. The summed E-state index contributed by atoms with van der Waals surface area (Å²) in [4.78, 5) is 15.9. The molecule has 0 aliphatic carbocycles. The Kier molecular flexibility index (Phi) is 4.12. The van der Waals surface area contributed by atoms with Gasteiger partial charge in [0, 0.05) is 30.6 Å². The van der Waals surface area contributed by atoms with Gasteiger partial charge in [0.25, 0.3) is 5.91 Å². The zero-order valence-corrected chi connectivity index (χ0v) is 13.2. The van der Waals surface area contributed by atoms with E-state index < -0.39 is 0 Å². The van der Waals surface area contributed by atoms with E-state index in [-0.39, 0.29) is 5.91 Å². The third kappa shape index (κ3) is 3.19. The number of hydrogen-bond donors (Lipinski definition) is 1. The summed E-state index contributed by atoms with van der Waals surface area (Å²) in [7, 11) is 0. The van der Waals surface area contributed by atoms with Crippen molar-refractivity contribution < 1.29 is 9.21 Å². The minimum Gasteiger partial charge on any atom is -0.456 e. The van der Waals surface area contributed by atoms with Crippen molar-refractivity contribution in [2.75, 3.05) is 13.1 Å². The summed E-state index contributed by atoms with van der Waals surface area (Å²) in [5.74, 6) is 1.01. The van der Waals surface area contributed by atoms with E-state index in [1.807, 2.05) is 18.3 Å². The Morgan fingerprint density at radius 3 is 3.10 bits per heavy atom. The molecular formula is C16H20N2O2S. The van der Waals surface area contributed by atoms with Gasteiger partial charge in [-0.25, -0.2) is 0 Å². The highest BCUT2D eigenvalue weighted by Gasteiger charge is 2.22. The molecule has 0 spiro atoms. The Hall–Kier alpha value is -1.59. The lowest BCUT2D eigenvalue weighted by Crippen LogP contribution is -2.44. The van der Waals surface area contributed by atoms with E-state index >= 15 is 0 Å². The van der Waals surface area contributed by atoms with Gasteiger partial charge in [0.2, 0.25) is 0 Å². The number of rotatable bonds is 4. The molecule has 0 bridgehead atoms. The van der Waals surface area contributed by atoms with E-state index in [0.29, 0.717) is 18.3 Å². The normalized spacial score (nSPS) is 16.5. The van der Waals surface area contributed by atoms with Gasteiger partial charge in [0.1, 0.15) is 5.76 Å². The molecule has 1 aliphatic heterocycles. The fourth-order valence-corrected chi connectivity index (χ4v) is 3.55. The van der Waals surface area contributed by atoms with Gasteiger partial charge in [-0.2, -0.15) is 0 Å². The summed E-state index contributed by atoms with van der Waals surface area (Å²) in [5.41, 5.74) is 1.44. The van der Waals surface area contributed by atoms with Gasteiger partial charge in [-0.15, -0.1) is 11.3 Å². The van der Waals surface area contributed by atoms with Crippen molar-refractivity contribution in [1.82, 2.24) is 10.2 Å². The van der Waals surface area contributed by atoms with E-state index in [2.05, 4.69) is 28.6 Å². The molecule has 3 rings (SSSR count). The van der Waals surface area contributed by atoms with Gasteiger partial charge < -0.3 is 9.73 Å². The van der Waals surface area contributed by atoms with Crippen LogP contribution in [0.2, 0.25) is 0 Å². The van der Waals surface area contributed by atoms with Crippen molar-refractivity contribution in [1.29, 1.82) is 0 Å². The van der Waals surface area contributed by atoms with Gasteiger partial charge in [-0.1, -0.05) is 0 Å². The van der Waals surface area contributed by atoms with E-state index in [9.17, 15) is 4.79 Å². The molecule has 2 aromatic heterocycles. The first-order valence-corrected chi connectivity index (χ1v) is 8.15. The largest absolute Gasteiger partial charge is 0.456 e. The van der Waals surface area contributed by atoms with Crippen molar-refractivity contribution >= 4 is 17.2 Å². The maximum Gasteiger partial charge on any atom is 0.287 e. The molecule has 5 heteroatoms. The van der Waals surface area contributed by atoms with Crippen LogP contribution in [0.4, 0.5) is 0 Å². The average molecular weight is 304 g/mol. The third-order valence-electron chi connectivity index (χ3n) is 3.98. The standard InChI is InChI=1S/C16H20N2O2S/c1-11(9-17-16(19)14-4-3-12(2)20-14)18-7-5-15-13(10-18)6-8-21-15/h3-4,6,8,11H,5,7,9-10H2,1-2H3,(H,17,19)/t11-/m0/s1. The summed E-state index contributed by atoms with van der Waals surface area (Å²) in [5, 5.41) is 5.12. The fourth-order valence-electron chi connectivity index (χ4n) is 2.66. The van der Waals surface area contributed by atoms with Crippen LogP contribution in [0.5, 0.6) is 0 Å². The van der Waals surface area contributed by atoms with Gasteiger partial charge in [0.15, 0.2) is 5.76 Å². The lowest BCUT2D eigenvalue weighted by Gasteiger charge is -2.32. The van der Waals surface area contributed by atoms with Crippen molar-refractivity contribution in [2.24, 2.45) is 0 Å². The van der Waals surface area contributed by atoms with Crippen molar-refractivity contribution in [3.63, 3.8) is 0 Å². The Morgan fingerprint density at radius 1 is 1.48 bits per heavy atom. The van der Waals surface area contributed by atoms with Gasteiger partial charge in [-0.05, 0) is 49.4 Å². The van der Waals surface area contributed by atoms with Crippen LogP contribution in [0.1, 0.15) is 33.7 Å². The van der Waals surface area contributed by atoms with Crippen LogP contribution in [0.3, 0.4) is 0 Å². The Labute approximate surface area is 128 Å². The van der Waals surface area contributed by atoms with E-state index in [1.54, 1.807) is 12.1 Å². The first-order chi connectivity index (χ1) is 10.1. The molecule has 21 heavy (non-hydrogen) atoms. The van der Waals surface area contributed by atoms with Crippen LogP contribution in [-0.4, -0.2) is 29.9 Å². The number of hydrogen-bond acceptors (Lipinski definition) is 4. The first kappa shape index (κ1) is 14.4. The SMILES string of the molecule is Cc1ccc(C(=O)NC[C@H](C)N2CCc3sccc3C2)o1. The second-order valence-corrected chi connectivity index (χ2v) is 6.56. The van der Waals surface area contributed by atoms with Crippen LogP contribution in [0.25, 0.3) is 0 Å². The van der Waals surface area contributed by atoms with Crippen LogP contribution >= 0.6 is 11.3 Å². The lowest BCUT2D eigenvalue weighted by atomic mass is 10.1. The molecule has 0 radical (unpaired) electrons. The van der Waals surface area contributed by atoms with E-state index in [4.69, 9.17) is 4.42 Å². The second kappa shape index (κ2) is 6.03. The Morgan fingerprint density at radius 2 is 2.33 bits per heavy atom. The molecule has 112 valence electrons. The van der Waals surface area contributed by atoms with Crippen LogP contribution < -0.4 is 5.32 Å². The van der Waals surface area contributed by atoms with Crippen molar-refractivity contribution in [3.8, 4) is 0 Å². The Bertz CT molecular complexity index is 632. The molecule has 3 heterocycles. The number of thiophene rings is 1. The summed E-state index contributed by atoms with van der Waals surface area (Å²) in [6.45, 7) is 6.68. The minimum absolute atomic E-state index is 0.136. The quantitative estimate of drug-likeness (QED) is 0.945. The number of furan rings is 1. The third-order valence-corrected chi connectivity index (χ3v) is 5.01. The van der Waals surface area contributed by atoms with E-state index in [0.717, 1.165) is 25.3 Å². The Balaban J connectivity index is 1.53. The number of amides is 1. The molecule has 1 N–H and O–H groups in total. The predicted octanol–water partition coefficient (Wildman–Crippen LogP) is 2.83. The molecule has 1 atom stereocenters. The van der Waals surface area contributed by atoms with Crippen LogP contribution in [-0.2, 0) is 13.0 Å². The summed E-state index contributed by atoms with van der Waals surface area (Å²) in [6.07, 6.45) is 1.11. The highest BCUT2D eigenvalue weighted by atomic mass is 32.1. The molecule has 0 saturated carbocycles. The highest BCUT2D eigenvalue weighted by molar-refractivity contribution is 7.10. The van der Waals surface area contributed by atoms with Crippen molar-refractivity contribution in [3.05, 3.63) is 45.5 Å². The number of fused-ring (bicyclic) bond motifs is 1. The molecule has 1 aliphatic rings. The summed E-state index contributed by atoms with van der Waals surface area (Å²) >= 11 is 1.85. The van der Waals surface area contributed by atoms with E-state index in [1.165, 1.54) is 10.4 Å². The number of carbonyl (C=O) groups excluding carboxylic acids is 1. The molecule has 2 aromatic rings. The molecule has 1 amide bonds. The summed E-state index contributed by atoms with van der Waals surface area (Å²) in [6, 6.07) is 6.05. The fraction of sp³-hybridized carbons (Fsp3) is 0.438. The molecule has 4 nitrogen and oxygen atoms in total. The highest BCUT2D eigenvalue weighted by Crippen LogP contribution is 2.24. The molecular weight excluding hydrogens is 284 g/mol. The molecule has 0 saturated heterocycles. The first-order valence-electron chi connectivity index (χ1n) is 7.27. The monoisotopic (exact) mass is 304 g/mol. The number of nitrogens with zero attached hydrogens (tertiary/aromatic N) is 1. The topological polar surface area (TPSA) is 45.5 Å². The zero-order valence-electron chi connectivity index (χ0n) is 12.4. The minimum atomic E-state index is -0.136. The second-order valence-electron chi connectivity index (χ2n) is 5.56. The maximum absolute atomic E-state index is 12.0. The van der Waals surface area contributed by atoms with Gasteiger partial charge in [0.05, 0.1) is 0 Å². The molecule has 0 unspecified atom stereocenters. The van der Waals surface area contributed by atoms with Gasteiger partial charge in [-0.3, -0.25) is 9.69 Å². The average Bonchev–Trinajstić information content (AvgIpc) is 3.12. The maximum atomic E-state index is 12.0. The van der Waals surface area contributed by atoms with Crippen molar-refractivity contribution in [2.45, 2.75) is 32.9 Å². The molecule has 0 aromatic carbocycles. The van der Waals surface area contributed by atoms with Crippen LogP contribution in [0.15, 0.2) is 28.0 Å². The number of nitrogens with one attached hydrogen (secondary N) is 1.